The molecular weight excluding hydrogens is 224 g/mol. The van der Waals surface area contributed by atoms with Gasteiger partial charge in [-0.2, -0.15) is 0 Å². The maximum Gasteiger partial charge on any atom is 0.108 e. The number of ether oxygens (including phenoxy) is 1. The third kappa shape index (κ3) is 3.33. The molecule has 18 heavy (non-hydrogen) atoms. The molecule has 1 aromatic carbocycles. The average Bonchev–Trinajstić information content (AvgIpc) is 2.69. The van der Waals surface area contributed by atoms with Crippen molar-refractivity contribution in [2.24, 2.45) is 5.92 Å². The van der Waals surface area contributed by atoms with Crippen LogP contribution in [0.15, 0.2) is 30.3 Å². The summed E-state index contributed by atoms with van der Waals surface area (Å²) in [4.78, 5) is 0. The summed E-state index contributed by atoms with van der Waals surface area (Å²) in [6.45, 7) is 0. The SMILES string of the molecule is COC(c1ccccc1)C(O)C1CCCCCC1. The lowest BCUT2D eigenvalue weighted by Crippen LogP contribution is -2.28. The zero-order valence-electron chi connectivity index (χ0n) is 11.2. The van der Waals surface area contributed by atoms with Crippen molar-refractivity contribution >= 4 is 0 Å². The van der Waals surface area contributed by atoms with E-state index in [1.807, 2.05) is 30.3 Å². The first-order valence-electron chi connectivity index (χ1n) is 7.08. The highest BCUT2D eigenvalue weighted by molar-refractivity contribution is 5.19. The Morgan fingerprint density at radius 2 is 1.67 bits per heavy atom. The third-order valence-corrected chi connectivity index (χ3v) is 4.08. The predicted octanol–water partition coefficient (Wildman–Crippen LogP) is 3.71. The summed E-state index contributed by atoms with van der Waals surface area (Å²) in [6, 6.07) is 10.1. The number of hydrogen-bond acceptors (Lipinski definition) is 2. The van der Waals surface area contributed by atoms with Gasteiger partial charge < -0.3 is 9.84 Å². The molecule has 2 nitrogen and oxygen atoms in total. The minimum absolute atomic E-state index is 0.186. The predicted molar refractivity (Wildman–Crippen MR) is 73.4 cm³/mol. The van der Waals surface area contributed by atoms with E-state index in [1.54, 1.807) is 7.11 Å². The number of aliphatic hydroxyl groups is 1. The fraction of sp³-hybridized carbons (Fsp3) is 0.625. The van der Waals surface area contributed by atoms with E-state index in [0.717, 1.165) is 18.4 Å². The molecule has 1 aliphatic carbocycles. The molecular formula is C16H24O2. The topological polar surface area (TPSA) is 29.5 Å². The number of rotatable bonds is 4. The standard InChI is InChI=1S/C16H24O2/c1-18-16(14-11-7-4-8-12-14)15(17)13-9-5-2-3-6-10-13/h4,7-8,11-13,15-17H,2-3,5-6,9-10H2,1H3. The Hall–Kier alpha value is -0.860. The monoisotopic (exact) mass is 248 g/mol. The molecule has 0 bridgehead atoms. The Morgan fingerprint density at radius 3 is 2.22 bits per heavy atom. The molecule has 0 aliphatic heterocycles. The molecule has 1 aromatic rings. The zero-order chi connectivity index (χ0) is 12.8. The van der Waals surface area contributed by atoms with Gasteiger partial charge in [-0.05, 0) is 24.3 Å². The van der Waals surface area contributed by atoms with E-state index in [9.17, 15) is 5.11 Å². The number of hydrogen-bond donors (Lipinski definition) is 1. The number of methoxy groups -OCH3 is 1. The summed E-state index contributed by atoms with van der Waals surface area (Å²) >= 11 is 0. The average molecular weight is 248 g/mol. The fourth-order valence-corrected chi connectivity index (χ4v) is 3.02. The molecule has 2 rings (SSSR count). The van der Waals surface area contributed by atoms with Gasteiger partial charge in [-0.1, -0.05) is 56.0 Å². The second kappa shape index (κ2) is 6.91. The summed E-state index contributed by atoms with van der Waals surface area (Å²) in [5, 5.41) is 10.6. The van der Waals surface area contributed by atoms with Crippen molar-refractivity contribution in [3.05, 3.63) is 35.9 Å². The molecule has 0 radical (unpaired) electrons. The van der Waals surface area contributed by atoms with Crippen LogP contribution in [0.25, 0.3) is 0 Å². The molecule has 100 valence electrons. The molecule has 0 amide bonds. The van der Waals surface area contributed by atoms with Gasteiger partial charge in [-0.15, -0.1) is 0 Å². The van der Waals surface area contributed by atoms with E-state index in [-0.39, 0.29) is 12.2 Å². The van der Waals surface area contributed by atoms with Crippen LogP contribution in [0, 0.1) is 5.92 Å². The lowest BCUT2D eigenvalue weighted by Gasteiger charge is -2.28. The molecule has 1 aliphatic rings. The van der Waals surface area contributed by atoms with E-state index in [1.165, 1.54) is 25.7 Å². The summed E-state index contributed by atoms with van der Waals surface area (Å²) < 4.78 is 5.54. The molecule has 2 heteroatoms. The summed E-state index contributed by atoms with van der Waals surface area (Å²) in [5.74, 6) is 0.387. The molecule has 2 atom stereocenters. The highest BCUT2D eigenvalue weighted by atomic mass is 16.5. The van der Waals surface area contributed by atoms with E-state index in [0.29, 0.717) is 5.92 Å². The maximum atomic E-state index is 10.6. The number of benzene rings is 1. The van der Waals surface area contributed by atoms with Crippen LogP contribution in [0.2, 0.25) is 0 Å². The van der Waals surface area contributed by atoms with Crippen molar-refractivity contribution in [2.45, 2.75) is 50.7 Å². The van der Waals surface area contributed by atoms with Crippen molar-refractivity contribution in [3.63, 3.8) is 0 Å². The molecule has 0 saturated heterocycles. The molecule has 1 fully saturated rings. The number of aliphatic hydroxyl groups excluding tert-OH is 1. The van der Waals surface area contributed by atoms with Crippen molar-refractivity contribution < 1.29 is 9.84 Å². The minimum Gasteiger partial charge on any atom is -0.390 e. The highest BCUT2D eigenvalue weighted by Gasteiger charge is 2.29. The van der Waals surface area contributed by atoms with E-state index in [4.69, 9.17) is 4.74 Å². The van der Waals surface area contributed by atoms with E-state index in [2.05, 4.69) is 0 Å². The summed E-state index contributed by atoms with van der Waals surface area (Å²) in [6.07, 6.45) is 6.81. The second-order valence-corrected chi connectivity index (χ2v) is 5.31. The lowest BCUT2D eigenvalue weighted by atomic mass is 9.88. The Kier molecular flexibility index (Phi) is 5.21. The van der Waals surface area contributed by atoms with Gasteiger partial charge in [0.05, 0.1) is 6.10 Å². The third-order valence-electron chi connectivity index (χ3n) is 4.08. The van der Waals surface area contributed by atoms with Crippen LogP contribution in [0.5, 0.6) is 0 Å². The first-order chi connectivity index (χ1) is 8.83. The van der Waals surface area contributed by atoms with Gasteiger partial charge >= 0.3 is 0 Å². The van der Waals surface area contributed by atoms with Gasteiger partial charge in [-0.25, -0.2) is 0 Å². The molecule has 0 spiro atoms. The molecule has 1 saturated carbocycles. The van der Waals surface area contributed by atoms with Crippen molar-refractivity contribution in [1.29, 1.82) is 0 Å². The molecule has 2 unspecified atom stereocenters. The van der Waals surface area contributed by atoms with E-state index >= 15 is 0 Å². The van der Waals surface area contributed by atoms with Gasteiger partial charge in [0.1, 0.15) is 6.10 Å². The first kappa shape index (κ1) is 13.6. The normalized spacial score (nSPS) is 21.2. The summed E-state index contributed by atoms with van der Waals surface area (Å²) in [7, 11) is 1.69. The van der Waals surface area contributed by atoms with Crippen LogP contribution >= 0.6 is 0 Å². The quantitative estimate of drug-likeness (QED) is 0.823. The van der Waals surface area contributed by atoms with Crippen LogP contribution in [-0.4, -0.2) is 18.3 Å². The molecule has 1 N–H and O–H groups in total. The maximum absolute atomic E-state index is 10.6. The first-order valence-corrected chi connectivity index (χ1v) is 7.08. The summed E-state index contributed by atoms with van der Waals surface area (Å²) in [5.41, 5.74) is 1.08. The van der Waals surface area contributed by atoms with E-state index < -0.39 is 0 Å². The largest absolute Gasteiger partial charge is 0.390 e. The highest BCUT2D eigenvalue weighted by Crippen LogP contribution is 2.33. The minimum atomic E-state index is -0.379. The zero-order valence-corrected chi connectivity index (χ0v) is 11.2. The van der Waals surface area contributed by atoms with Crippen molar-refractivity contribution in [2.75, 3.05) is 7.11 Å². The van der Waals surface area contributed by atoms with Crippen LogP contribution in [0.3, 0.4) is 0 Å². The fourth-order valence-electron chi connectivity index (χ4n) is 3.02. The Bertz CT molecular complexity index is 328. The van der Waals surface area contributed by atoms with Crippen LogP contribution in [0.1, 0.15) is 50.2 Å². The molecule has 0 aromatic heterocycles. The Morgan fingerprint density at radius 1 is 1.06 bits per heavy atom. The van der Waals surface area contributed by atoms with Gasteiger partial charge in [0.15, 0.2) is 0 Å². The van der Waals surface area contributed by atoms with Gasteiger partial charge in [0.25, 0.3) is 0 Å². The van der Waals surface area contributed by atoms with Crippen molar-refractivity contribution in [3.8, 4) is 0 Å². The Labute approximate surface area is 110 Å². The second-order valence-electron chi connectivity index (χ2n) is 5.31. The van der Waals surface area contributed by atoms with Gasteiger partial charge in [0.2, 0.25) is 0 Å². The van der Waals surface area contributed by atoms with Crippen LogP contribution in [-0.2, 0) is 4.74 Å². The Balaban J connectivity index is 2.06. The molecule has 0 heterocycles. The van der Waals surface area contributed by atoms with Crippen molar-refractivity contribution in [1.82, 2.24) is 0 Å². The van der Waals surface area contributed by atoms with Gasteiger partial charge in [0, 0.05) is 7.11 Å². The van der Waals surface area contributed by atoms with Gasteiger partial charge in [-0.3, -0.25) is 0 Å². The van der Waals surface area contributed by atoms with Crippen LogP contribution < -0.4 is 0 Å². The smallest absolute Gasteiger partial charge is 0.108 e. The lowest BCUT2D eigenvalue weighted by molar-refractivity contribution is -0.0468. The van der Waals surface area contributed by atoms with Crippen LogP contribution in [0.4, 0.5) is 0 Å².